The number of hydrogen-bond acceptors (Lipinski definition) is 12. The number of H-pyrrole nitrogens is 1. The normalized spacial score (nSPS) is 31.9. The molecule has 11 rings (SSSR count). The molecule has 3 saturated heterocycles. The Labute approximate surface area is 341 Å². The summed E-state index contributed by atoms with van der Waals surface area (Å²) >= 11 is 0. The molecule has 14 nitrogen and oxygen atoms in total. The van der Waals surface area contributed by atoms with Crippen LogP contribution in [0.2, 0.25) is 0 Å². The molecule has 1 aromatic carbocycles. The molecule has 4 fully saturated rings. The molecule has 9 N–H and O–H groups in total. The van der Waals surface area contributed by atoms with E-state index in [1.54, 1.807) is 13.0 Å². The number of nitrogens with two attached hydrogens (primary N) is 2. The van der Waals surface area contributed by atoms with Crippen LogP contribution in [0.1, 0.15) is 63.2 Å². The van der Waals surface area contributed by atoms with E-state index in [-0.39, 0.29) is 64.1 Å². The first-order valence-electron chi connectivity index (χ1n) is 20.9. The highest BCUT2D eigenvalue weighted by molar-refractivity contribution is 5.88. The van der Waals surface area contributed by atoms with Crippen molar-refractivity contribution >= 4 is 27.8 Å². The fraction of sp³-hybridized carbons (Fsp3) is 0.467. The van der Waals surface area contributed by atoms with Crippen molar-refractivity contribution in [3.8, 4) is 11.5 Å². The van der Waals surface area contributed by atoms with Crippen LogP contribution in [0.3, 0.4) is 0 Å². The molecule has 59 heavy (non-hydrogen) atoms. The van der Waals surface area contributed by atoms with E-state index < -0.39 is 23.2 Å². The summed E-state index contributed by atoms with van der Waals surface area (Å²) in [6.45, 7) is 6.96. The van der Waals surface area contributed by atoms with Gasteiger partial charge in [-0.2, -0.15) is 0 Å². The number of fused-ring (bicyclic) bond motifs is 6. The van der Waals surface area contributed by atoms with E-state index in [0.29, 0.717) is 54.6 Å². The Morgan fingerprint density at radius 1 is 1.07 bits per heavy atom. The highest BCUT2D eigenvalue weighted by Gasteiger charge is 2.70. The Morgan fingerprint density at radius 2 is 1.90 bits per heavy atom. The van der Waals surface area contributed by atoms with Crippen LogP contribution in [0.25, 0.3) is 21.9 Å². The van der Waals surface area contributed by atoms with Crippen molar-refractivity contribution in [2.75, 3.05) is 13.6 Å². The maximum Gasteiger partial charge on any atom is 0.341 e. The monoisotopic (exact) mass is 803 g/mol. The minimum Gasteiger partial charge on any atom is -0.507 e. The van der Waals surface area contributed by atoms with Gasteiger partial charge in [-0.05, 0) is 108 Å². The number of nitrogens with one attached hydrogen (secondary N) is 4. The SMILES string of the molecule is CNC[C@@H]1C[C@@H]2CC[C@H]1[C@H]1c3c(cc4oc(C)cc(=O)c4c3O)OC(C)(C)[C@@H]1OC(=O)[C@]21O[C@@H]1CCC1=CC(C2=CC(Cn3cc4cc[nH]c4c3)NC(N)=C2)NC(N)=C1. The molecule has 14 heteroatoms. The van der Waals surface area contributed by atoms with E-state index in [0.717, 1.165) is 41.3 Å². The lowest BCUT2D eigenvalue weighted by Crippen LogP contribution is -2.54. The first kappa shape index (κ1) is 37.7. The summed E-state index contributed by atoms with van der Waals surface area (Å²) in [6, 6.07) is 4.95. The van der Waals surface area contributed by atoms with Crippen molar-refractivity contribution in [3.63, 3.8) is 0 Å². The summed E-state index contributed by atoms with van der Waals surface area (Å²) in [5, 5.41) is 23.4. The predicted molar refractivity (Wildman–Crippen MR) is 222 cm³/mol. The van der Waals surface area contributed by atoms with Crippen molar-refractivity contribution in [1.29, 1.82) is 0 Å². The zero-order chi connectivity index (χ0) is 41.0. The standard InChI is InChI=1S/C45H53N7O7/c1-22-11-32(53)39-33(56-22)17-34-40(41(39)54)38-29-7-6-27(14-26(29)18-48-4)45(43(55)57-42(38)44(2,3)58-34)35(59-45)8-5-23-12-30(51-36(46)13-23)25-15-28(50-37(47)16-25)20-52-19-24-9-10-49-31(24)21-52/h9-13,15-17,19,21,26-30,35,38,42,48-51,54H,5-8,14,18,20,46-47H2,1-4H3/t26-,27-,28?,29+,30?,35+,38-,42+,45-/m0/s1. The van der Waals surface area contributed by atoms with Crippen LogP contribution >= 0.6 is 0 Å². The number of epoxide rings is 1. The molecule has 2 unspecified atom stereocenters. The van der Waals surface area contributed by atoms with Gasteiger partial charge in [0.15, 0.2) is 11.0 Å². The summed E-state index contributed by atoms with van der Waals surface area (Å²) in [5.41, 5.74) is 14.4. The second-order valence-electron chi connectivity index (χ2n) is 18.0. The van der Waals surface area contributed by atoms with E-state index in [9.17, 15) is 14.7 Å². The number of aryl methyl sites for hydroxylation is 1. The van der Waals surface area contributed by atoms with Crippen LogP contribution in [-0.2, 0) is 20.8 Å². The largest absolute Gasteiger partial charge is 0.507 e. The maximum absolute atomic E-state index is 14.8. The van der Waals surface area contributed by atoms with Crippen LogP contribution in [0.15, 0.2) is 93.1 Å². The molecule has 0 amide bonds. The lowest BCUT2D eigenvalue weighted by Gasteiger charge is -2.48. The van der Waals surface area contributed by atoms with Crippen LogP contribution in [-0.4, -0.2) is 69.7 Å². The fourth-order valence-corrected chi connectivity index (χ4v) is 11.2. The van der Waals surface area contributed by atoms with E-state index in [1.807, 2.05) is 39.2 Å². The van der Waals surface area contributed by atoms with E-state index in [1.165, 1.54) is 6.07 Å². The van der Waals surface area contributed by atoms with Gasteiger partial charge in [-0.15, -0.1) is 0 Å². The third-order valence-corrected chi connectivity index (χ3v) is 13.7. The van der Waals surface area contributed by atoms with Crippen LogP contribution < -0.4 is 37.6 Å². The lowest BCUT2D eigenvalue weighted by atomic mass is 9.61. The van der Waals surface area contributed by atoms with Gasteiger partial charge in [0.05, 0.1) is 35.3 Å². The number of benzene rings is 1. The number of allylic oxidation sites excluding steroid dienone is 2. The average Bonchev–Trinajstić information content (AvgIpc) is 3.52. The number of aromatic amines is 1. The molecule has 1 saturated carbocycles. The molecule has 4 aromatic rings. The number of carbonyl (C=O) groups excluding carboxylic acids is 1. The molecule has 1 spiro atoms. The third kappa shape index (κ3) is 6.30. The van der Waals surface area contributed by atoms with Gasteiger partial charge < -0.3 is 60.7 Å². The molecule has 9 heterocycles. The summed E-state index contributed by atoms with van der Waals surface area (Å²) in [6.07, 6.45) is 16.9. The number of hydrogen-bond donors (Lipinski definition) is 7. The molecule has 1 aliphatic carbocycles. The fourth-order valence-electron chi connectivity index (χ4n) is 11.2. The van der Waals surface area contributed by atoms with Crippen molar-refractivity contribution in [2.45, 2.75) is 101 Å². The van der Waals surface area contributed by atoms with E-state index in [4.69, 9.17) is 30.1 Å². The number of esters is 1. The highest BCUT2D eigenvalue weighted by Crippen LogP contribution is 2.61. The topological polar surface area (TPSA) is 207 Å². The van der Waals surface area contributed by atoms with Crippen LogP contribution in [0.5, 0.6) is 11.5 Å². The Hall–Kier alpha value is -5.60. The van der Waals surface area contributed by atoms with Gasteiger partial charge in [-0.3, -0.25) is 4.79 Å². The van der Waals surface area contributed by atoms with E-state index in [2.05, 4.69) is 56.1 Å². The summed E-state index contributed by atoms with van der Waals surface area (Å²) in [5.74, 6) is 1.18. The first-order valence-corrected chi connectivity index (χ1v) is 20.9. The molecule has 3 aromatic heterocycles. The number of phenols is 1. The minimum absolute atomic E-state index is 0.0203. The molecule has 310 valence electrons. The number of rotatable bonds is 8. The minimum atomic E-state index is -1.10. The Bertz CT molecular complexity index is 2530. The quantitative estimate of drug-likeness (QED) is 0.0969. The molecule has 7 aliphatic rings. The van der Waals surface area contributed by atoms with Gasteiger partial charge >= 0.3 is 5.97 Å². The number of phenolic OH excluding ortho intramolecular Hbond substituents is 1. The molecular formula is C45H53N7O7. The number of aromatic hydroxyl groups is 1. The predicted octanol–water partition coefficient (Wildman–Crippen LogP) is 4.54. The second-order valence-corrected chi connectivity index (χ2v) is 18.0. The zero-order valence-corrected chi connectivity index (χ0v) is 33.8. The van der Waals surface area contributed by atoms with Gasteiger partial charge in [0, 0.05) is 60.1 Å². The maximum atomic E-state index is 14.8. The summed E-state index contributed by atoms with van der Waals surface area (Å²) in [7, 11) is 1.94. The molecule has 0 radical (unpaired) electrons. The number of aromatic nitrogens is 2. The lowest BCUT2D eigenvalue weighted by molar-refractivity contribution is -0.172. The highest BCUT2D eigenvalue weighted by atomic mass is 16.7. The Balaban J connectivity index is 0.917. The van der Waals surface area contributed by atoms with Gasteiger partial charge in [0.1, 0.15) is 39.9 Å². The van der Waals surface area contributed by atoms with Crippen molar-refractivity contribution in [2.24, 2.45) is 29.2 Å². The number of nitrogens with zero attached hydrogens (tertiary/aromatic N) is 1. The first-order chi connectivity index (χ1) is 28.3. The van der Waals surface area contributed by atoms with Crippen molar-refractivity contribution in [1.82, 2.24) is 25.5 Å². The van der Waals surface area contributed by atoms with Crippen LogP contribution in [0, 0.1) is 24.7 Å². The molecule has 2 bridgehead atoms. The summed E-state index contributed by atoms with van der Waals surface area (Å²) in [4.78, 5) is 31.3. The van der Waals surface area contributed by atoms with Crippen molar-refractivity contribution < 1.29 is 28.5 Å². The third-order valence-electron chi connectivity index (χ3n) is 13.7. The Morgan fingerprint density at radius 3 is 2.71 bits per heavy atom. The number of carbonyl (C=O) groups is 1. The van der Waals surface area contributed by atoms with Crippen LogP contribution in [0.4, 0.5) is 0 Å². The Kier molecular flexibility index (Phi) is 8.77. The zero-order valence-electron chi connectivity index (χ0n) is 33.8. The van der Waals surface area contributed by atoms with Crippen molar-refractivity contribution in [3.05, 3.63) is 105 Å². The van der Waals surface area contributed by atoms with E-state index >= 15 is 0 Å². The van der Waals surface area contributed by atoms with Gasteiger partial charge in [-0.25, -0.2) is 4.79 Å². The average molecular weight is 804 g/mol. The molecular weight excluding hydrogens is 751 g/mol. The number of dihydropyridines is 2. The molecule has 9 atom stereocenters. The molecule has 6 aliphatic heterocycles. The number of ether oxygens (including phenoxy) is 3. The van der Waals surface area contributed by atoms with Gasteiger partial charge in [0.25, 0.3) is 0 Å². The smallest absolute Gasteiger partial charge is 0.341 e. The summed E-state index contributed by atoms with van der Waals surface area (Å²) < 4.78 is 27.9. The second kappa shape index (κ2) is 13.7. The van der Waals surface area contributed by atoms with Gasteiger partial charge in [-0.1, -0.05) is 12.2 Å². The van der Waals surface area contributed by atoms with Gasteiger partial charge in [0.2, 0.25) is 0 Å².